The molecule has 0 saturated heterocycles. The van der Waals surface area contributed by atoms with Gasteiger partial charge in [-0.3, -0.25) is 4.98 Å². The molecule has 0 aliphatic rings. The Hall–Kier alpha value is -2.74. The molecule has 3 aromatic heterocycles. The maximum atomic E-state index is 13.2. The van der Waals surface area contributed by atoms with E-state index in [-0.39, 0.29) is 16.7 Å². The van der Waals surface area contributed by atoms with E-state index in [9.17, 15) is 13.2 Å². The van der Waals surface area contributed by atoms with Crippen molar-refractivity contribution in [3.8, 4) is 11.4 Å². The zero-order chi connectivity index (χ0) is 16.9. The minimum atomic E-state index is -4.61. The van der Waals surface area contributed by atoms with Gasteiger partial charge in [0.2, 0.25) is 5.28 Å². The summed E-state index contributed by atoms with van der Waals surface area (Å²) in [5.74, 6) is -0.115. The SMILES string of the molecule is FC(F)(F)c1ncccc1-c1nc2c3ccccc3nc(Cl)n2n1. The summed E-state index contributed by atoms with van der Waals surface area (Å²) in [6.45, 7) is 0. The maximum Gasteiger partial charge on any atom is 0.434 e. The fourth-order valence-corrected chi connectivity index (χ4v) is 2.66. The van der Waals surface area contributed by atoms with Crippen LogP contribution in [-0.4, -0.2) is 24.6 Å². The summed E-state index contributed by atoms with van der Waals surface area (Å²) in [5, 5.41) is 4.73. The fourth-order valence-electron chi connectivity index (χ4n) is 2.45. The summed E-state index contributed by atoms with van der Waals surface area (Å²) in [4.78, 5) is 11.8. The van der Waals surface area contributed by atoms with Crippen LogP contribution in [0.1, 0.15) is 5.69 Å². The Kier molecular flexibility index (Phi) is 3.17. The highest BCUT2D eigenvalue weighted by Gasteiger charge is 2.36. The van der Waals surface area contributed by atoms with Crippen molar-refractivity contribution < 1.29 is 13.2 Å². The number of alkyl halides is 3. The first kappa shape index (κ1) is 14.8. The number of halogens is 4. The van der Waals surface area contributed by atoms with Crippen molar-refractivity contribution in [2.75, 3.05) is 0 Å². The molecule has 3 heterocycles. The van der Waals surface area contributed by atoms with Gasteiger partial charge in [0.1, 0.15) is 0 Å². The van der Waals surface area contributed by atoms with Crippen LogP contribution in [0.4, 0.5) is 13.2 Å². The predicted molar refractivity (Wildman–Crippen MR) is 81.5 cm³/mol. The predicted octanol–water partition coefficient (Wildman–Crippen LogP) is 4.01. The lowest BCUT2D eigenvalue weighted by molar-refractivity contribution is -0.140. The molecule has 4 rings (SSSR count). The van der Waals surface area contributed by atoms with Crippen LogP contribution in [0, 0.1) is 0 Å². The lowest BCUT2D eigenvalue weighted by atomic mass is 10.2. The van der Waals surface area contributed by atoms with Gasteiger partial charge in [0, 0.05) is 11.6 Å². The molecule has 0 spiro atoms. The van der Waals surface area contributed by atoms with Crippen LogP contribution < -0.4 is 0 Å². The third-order valence-electron chi connectivity index (χ3n) is 3.46. The third kappa shape index (κ3) is 2.26. The number of aromatic nitrogens is 5. The third-order valence-corrected chi connectivity index (χ3v) is 3.70. The summed E-state index contributed by atoms with van der Waals surface area (Å²) in [6, 6.07) is 9.71. The van der Waals surface area contributed by atoms with Crippen molar-refractivity contribution in [3.63, 3.8) is 0 Å². The quantitative estimate of drug-likeness (QED) is 0.487. The zero-order valence-corrected chi connectivity index (χ0v) is 12.5. The molecule has 0 unspecified atom stereocenters. The summed E-state index contributed by atoms with van der Waals surface area (Å²) < 4.78 is 40.7. The molecular formula is C15H7ClF3N5. The van der Waals surface area contributed by atoms with Gasteiger partial charge < -0.3 is 0 Å². The Labute approximate surface area is 137 Å². The van der Waals surface area contributed by atoms with Crippen molar-refractivity contribution in [1.82, 2.24) is 24.6 Å². The first-order valence-electron chi connectivity index (χ1n) is 6.79. The monoisotopic (exact) mass is 349 g/mol. The Morgan fingerprint density at radius 1 is 1.00 bits per heavy atom. The summed E-state index contributed by atoms with van der Waals surface area (Å²) in [5.41, 5.74) is -0.350. The van der Waals surface area contributed by atoms with E-state index in [1.54, 1.807) is 24.3 Å². The molecule has 0 fully saturated rings. The van der Waals surface area contributed by atoms with Gasteiger partial charge in [-0.05, 0) is 35.9 Å². The van der Waals surface area contributed by atoms with Gasteiger partial charge in [-0.15, -0.1) is 5.10 Å². The maximum absolute atomic E-state index is 13.2. The molecule has 0 aliphatic carbocycles. The number of fused-ring (bicyclic) bond motifs is 3. The van der Waals surface area contributed by atoms with Crippen LogP contribution in [0.25, 0.3) is 27.9 Å². The summed E-state index contributed by atoms with van der Waals surface area (Å²) in [7, 11) is 0. The molecule has 5 nitrogen and oxygen atoms in total. The first-order chi connectivity index (χ1) is 11.4. The summed E-state index contributed by atoms with van der Waals surface area (Å²) >= 11 is 6.08. The number of nitrogens with zero attached hydrogens (tertiary/aromatic N) is 5. The van der Waals surface area contributed by atoms with Crippen molar-refractivity contribution in [3.05, 3.63) is 53.6 Å². The van der Waals surface area contributed by atoms with Gasteiger partial charge in [-0.2, -0.15) is 17.7 Å². The van der Waals surface area contributed by atoms with Crippen LogP contribution in [0.3, 0.4) is 0 Å². The minimum Gasteiger partial charge on any atom is -0.251 e. The minimum absolute atomic E-state index is 0.0138. The normalized spacial score (nSPS) is 12.2. The lowest BCUT2D eigenvalue weighted by Gasteiger charge is -2.08. The van der Waals surface area contributed by atoms with Crippen molar-refractivity contribution in [2.45, 2.75) is 6.18 Å². The Morgan fingerprint density at radius 2 is 1.79 bits per heavy atom. The van der Waals surface area contributed by atoms with E-state index in [4.69, 9.17) is 11.6 Å². The van der Waals surface area contributed by atoms with Gasteiger partial charge in [0.25, 0.3) is 0 Å². The number of hydrogen-bond acceptors (Lipinski definition) is 4. The number of rotatable bonds is 1. The molecule has 0 aliphatic heterocycles. The van der Waals surface area contributed by atoms with Crippen LogP contribution >= 0.6 is 11.6 Å². The fraction of sp³-hybridized carbons (Fsp3) is 0.0667. The van der Waals surface area contributed by atoms with Crippen molar-refractivity contribution in [2.24, 2.45) is 0 Å². The average Bonchev–Trinajstić information content (AvgIpc) is 3.00. The smallest absolute Gasteiger partial charge is 0.251 e. The second kappa shape index (κ2) is 5.13. The van der Waals surface area contributed by atoms with Crippen molar-refractivity contribution in [1.29, 1.82) is 0 Å². The number of benzene rings is 1. The Bertz CT molecular complexity index is 1070. The van der Waals surface area contributed by atoms with Gasteiger partial charge >= 0.3 is 6.18 Å². The van der Waals surface area contributed by atoms with Gasteiger partial charge in [-0.1, -0.05) is 12.1 Å². The van der Waals surface area contributed by atoms with E-state index >= 15 is 0 Å². The second-order valence-corrected chi connectivity index (χ2v) is 5.30. The zero-order valence-electron chi connectivity index (χ0n) is 11.8. The summed E-state index contributed by atoms with van der Waals surface area (Å²) in [6.07, 6.45) is -3.54. The second-order valence-electron chi connectivity index (χ2n) is 4.97. The van der Waals surface area contributed by atoms with E-state index in [1.165, 1.54) is 16.6 Å². The highest BCUT2D eigenvalue weighted by Crippen LogP contribution is 2.34. The molecule has 24 heavy (non-hydrogen) atoms. The number of hydrogen-bond donors (Lipinski definition) is 0. The van der Waals surface area contributed by atoms with Crippen molar-refractivity contribution >= 4 is 28.2 Å². The largest absolute Gasteiger partial charge is 0.434 e. The Balaban J connectivity index is 2.04. The topological polar surface area (TPSA) is 56.0 Å². The average molecular weight is 350 g/mol. The van der Waals surface area contributed by atoms with Gasteiger partial charge in [0.05, 0.1) is 11.1 Å². The number of para-hydroxylation sites is 1. The molecule has 0 bridgehead atoms. The van der Waals surface area contributed by atoms with Gasteiger partial charge in [0.15, 0.2) is 17.2 Å². The van der Waals surface area contributed by atoms with E-state index < -0.39 is 11.9 Å². The van der Waals surface area contributed by atoms with Crippen LogP contribution in [-0.2, 0) is 6.18 Å². The Morgan fingerprint density at radius 3 is 2.58 bits per heavy atom. The molecular weight excluding hydrogens is 343 g/mol. The molecule has 120 valence electrons. The highest BCUT2D eigenvalue weighted by molar-refractivity contribution is 6.29. The molecule has 0 N–H and O–H groups in total. The molecule has 0 radical (unpaired) electrons. The number of pyridine rings is 1. The molecule has 0 saturated carbocycles. The molecule has 9 heteroatoms. The highest BCUT2D eigenvalue weighted by atomic mass is 35.5. The van der Waals surface area contributed by atoms with E-state index in [0.717, 1.165) is 6.20 Å². The molecule has 4 aromatic rings. The lowest BCUT2D eigenvalue weighted by Crippen LogP contribution is -2.10. The first-order valence-corrected chi connectivity index (χ1v) is 7.16. The van der Waals surface area contributed by atoms with Crippen LogP contribution in [0.2, 0.25) is 5.28 Å². The van der Waals surface area contributed by atoms with Crippen LogP contribution in [0.15, 0.2) is 42.6 Å². The van der Waals surface area contributed by atoms with E-state index in [2.05, 4.69) is 20.1 Å². The molecule has 1 aromatic carbocycles. The van der Waals surface area contributed by atoms with Crippen LogP contribution in [0.5, 0.6) is 0 Å². The standard InChI is InChI=1S/C15H7ClF3N5/c16-14-21-10-6-2-1-4-8(10)13-22-12(23-24(13)14)9-5-3-7-20-11(9)15(17,18)19/h1-7H. The molecule has 0 amide bonds. The van der Waals surface area contributed by atoms with E-state index in [0.29, 0.717) is 16.6 Å². The van der Waals surface area contributed by atoms with Gasteiger partial charge in [-0.25, -0.2) is 9.97 Å². The molecule has 0 atom stereocenters. The van der Waals surface area contributed by atoms with E-state index in [1.807, 2.05) is 0 Å².